The molecule has 110 valence electrons. The van der Waals surface area contributed by atoms with Crippen LogP contribution in [0.4, 0.5) is 11.5 Å². The highest BCUT2D eigenvalue weighted by Gasteiger charge is 2.16. The number of nitrogens with zero attached hydrogens (tertiary/aromatic N) is 3. The summed E-state index contributed by atoms with van der Waals surface area (Å²) in [4.78, 5) is 19.9. The van der Waals surface area contributed by atoms with Crippen LogP contribution in [0.1, 0.15) is 10.4 Å². The molecule has 0 atom stereocenters. The Morgan fingerprint density at radius 2 is 1.76 bits per heavy atom. The second-order valence-electron chi connectivity index (χ2n) is 4.81. The van der Waals surface area contributed by atoms with Gasteiger partial charge < -0.3 is 14.9 Å². The van der Waals surface area contributed by atoms with Crippen molar-refractivity contribution in [1.29, 1.82) is 0 Å². The van der Waals surface area contributed by atoms with Crippen LogP contribution in [0.25, 0.3) is 0 Å². The Hall–Kier alpha value is -2.27. The van der Waals surface area contributed by atoms with Crippen molar-refractivity contribution in [2.45, 2.75) is 0 Å². The van der Waals surface area contributed by atoms with E-state index in [0.717, 1.165) is 0 Å². The van der Waals surface area contributed by atoms with Crippen LogP contribution < -0.4 is 9.80 Å². The van der Waals surface area contributed by atoms with Crippen LogP contribution in [-0.2, 0) is 0 Å². The van der Waals surface area contributed by atoms with Gasteiger partial charge in [-0.2, -0.15) is 0 Å². The number of aromatic hydroxyl groups is 1. The van der Waals surface area contributed by atoms with Gasteiger partial charge in [0.15, 0.2) is 0 Å². The maximum Gasteiger partial charge on any atom is 0.258 e. The van der Waals surface area contributed by atoms with Crippen molar-refractivity contribution in [3.8, 4) is 5.75 Å². The van der Waals surface area contributed by atoms with Gasteiger partial charge in [0.25, 0.3) is 5.91 Å². The number of carbonyl (C=O) groups excluding carboxylic acids is 1. The highest BCUT2D eigenvalue weighted by Crippen LogP contribution is 2.22. The number of phenols is 1. The van der Waals surface area contributed by atoms with Gasteiger partial charge >= 0.3 is 0 Å². The van der Waals surface area contributed by atoms with Crippen LogP contribution in [0, 0.1) is 0 Å². The van der Waals surface area contributed by atoms with Gasteiger partial charge in [0.1, 0.15) is 16.7 Å². The largest absolute Gasteiger partial charge is 0.508 e. The van der Waals surface area contributed by atoms with Crippen LogP contribution in [0.2, 0.25) is 5.15 Å². The zero-order valence-electron chi connectivity index (χ0n) is 12.0. The fourth-order valence-electron chi connectivity index (χ4n) is 1.82. The topological polar surface area (TPSA) is 56.7 Å². The standard InChI is InChI=1S/C15H16ClN3O2/c1-18(2)14-9-10(8-13(16)17-14)15(21)19(3)11-4-6-12(20)7-5-11/h4-9,20H,1-3H3. The summed E-state index contributed by atoms with van der Waals surface area (Å²) >= 11 is 5.97. The van der Waals surface area contributed by atoms with E-state index in [4.69, 9.17) is 11.6 Å². The molecule has 0 aliphatic carbocycles. The van der Waals surface area contributed by atoms with E-state index in [9.17, 15) is 9.90 Å². The Morgan fingerprint density at radius 3 is 2.33 bits per heavy atom. The molecule has 0 unspecified atom stereocenters. The summed E-state index contributed by atoms with van der Waals surface area (Å²) in [6.45, 7) is 0. The average Bonchev–Trinajstić information content (AvgIpc) is 2.45. The third-order valence-corrected chi connectivity index (χ3v) is 3.22. The fraction of sp³-hybridized carbons (Fsp3) is 0.200. The molecule has 0 aliphatic heterocycles. The van der Waals surface area contributed by atoms with E-state index < -0.39 is 0 Å². The van der Waals surface area contributed by atoms with E-state index in [-0.39, 0.29) is 16.8 Å². The van der Waals surface area contributed by atoms with Crippen LogP contribution in [0.3, 0.4) is 0 Å². The van der Waals surface area contributed by atoms with Crippen LogP contribution >= 0.6 is 11.6 Å². The molecule has 1 amide bonds. The number of pyridine rings is 1. The number of anilines is 2. The number of phenolic OH excluding ortho intramolecular Hbond substituents is 1. The number of carbonyl (C=O) groups is 1. The fourth-order valence-corrected chi connectivity index (χ4v) is 2.03. The van der Waals surface area contributed by atoms with Crippen molar-refractivity contribution in [3.05, 3.63) is 47.1 Å². The van der Waals surface area contributed by atoms with E-state index in [1.54, 1.807) is 30.1 Å². The first-order valence-electron chi connectivity index (χ1n) is 6.30. The van der Waals surface area contributed by atoms with Gasteiger partial charge in [0, 0.05) is 32.4 Å². The lowest BCUT2D eigenvalue weighted by Crippen LogP contribution is -2.26. The quantitative estimate of drug-likeness (QED) is 0.886. The first-order chi connectivity index (χ1) is 9.88. The molecule has 0 saturated carbocycles. The van der Waals surface area contributed by atoms with Gasteiger partial charge in [-0.3, -0.25) is 4.79 Å². The SMILES string of the molecule is CN(C)c1cc(C(=O)N(C)c2ccc(O)cc2)cc(Cl)n1. The molecule has 0 spiro atoms. The lowest BCUT2D eigenvalue weighted by Gasteiger charge is -2.19. The van der Waals surface area contributed by atoms with Crippen molar-refractivity contribution in [1.82, 2.24) is 4.98 Å². The molecule has 1 N–H and O–H groups in total. The molecule has 6 heteroatoms. The van der Waals surface area contributed by atoms with Crippen LogP contribution in [0.5, 0.6) is 5.75 Å². The highest BCUT2D eigenvalue weighted by atomic mass is 35.5. The predicted molar refractivity (Wildman–Crippen MR) is 84.4 cm³/mol. The second-order valence-corrected chi connectivity index (χ2v) is 5.20. The van der Waals surface area contributed by atoms with Crippen molar-refractivity contribution in [3.63, 3.8) is 0 Å². The summed E-state index contributed by atoms with van der Waals surface area (Å²) in [5.74, 6) is 0.569. The first kappa shape index (κ1) is 15.1. The molecule has 21 heavy (non-hydrogen) atoms. The molecule has 2 rings (SSSR count). The van der Waals surface area contributed by atoms with E-state index in [2.05, 4.69) is 4.98 Å². The van der Waals surface area contributed by atoms with E-state index >= 15 is 0 Å². The van der Waals surface area contributed by atoms with Gasteiger partial charge in [-0.25, -0.2) is 4.98 Å². The van der Waals surface area contributed by atoms with Gasteiger partial charge in [-0.05, 0) is 36.4 Å². The van der Waals surface area contributed by atoms with Gasteiger partial charge in [0.05, 0.1) is 0 Å². The predicted octanol–water partition coefficient (Wildman–Crippen LogP) is 2.78. The van der Waals surface area contributed by atoms with Crippen molar-refractivity contribution in [2.24, 2.45) is 0 Å². The van der Waals surface area contributed by atoms with Gasteiger partial charge in [0.2, 0.25) is 0 Å². The van der Waals surface area contributed by atoms with Crippen molar-refractivity contribution < 1.29 is 9.90 Å². The van der Waals surface area contributed by atoms with Gasteiger partial charge in [-0.1, -0.05) is 11.6 Å². The van der Waals surface area contributed by atoms with Crippen molar-refractivity contribution in [2.75, 3.05) is 30.9 Å². The highest BCUT2D eigenvalue weighted by molar-refractivity contribution is 6.30. The number of rotatable bonds is 3. The summed E-state index contributed by atoms with van der Waals surface area (Å²) in [5, 5.41) is 9.56. The lowest BCUT2D eigenvalue weighted by atomic mass is 10.2. The van der Waals surface area contributed by atoms with E-state index in [0.29, 0.717) is 17.1 Å². The number of hydrogen-bond acceptors (Lipinski definition) is 4. The molecule has 1 heterocycles. The number of aromatic nitrogens is 1. The minimum absolute atomic E-state index is 0.154. The number of amides is 1. The zero-order chi connectivity index (χ0) is 15.6. The Kier molecular flexibility index (Phi) is 4.33. The summed E-state index contributed by atoms with van der Waals surface area (Å²) in [6.07, 6.45) is 0. The number of hydrogen-bond donors (Lipinski definition) is 1. The third-order valence-electron chi connectivity index (χ3n) is 3.03. The Bertz CT molecular complexity index is 656. The molecule has 0 fully saturated rings. The summed E-state index contributed by atoms with van der Waals surface area (Å²) in [6, 6.07) is 9.62. The molecular formula is C15H16ClN3O2. The molecule has 2 aromatic rings. The summed E-state index contributed by atoms with van der Waals surface area (Å²) in [5.41, 5.74) is 1.13. The minimum atomic E-state index is -0.201. The molecule has 0 saturated heterocycles. The van der Waals surface area contributed by atoms with Crippen LogP contribution in [-0.4, -0.2) is 37.1 Å². The van der Waals surface area contributed by atoms with Crippen LogP contribution in [0.15, 0.2) is 36.4 Å². The molecule has 1 aromatic heterocycles. The Labute approximate surface area is 128 Å². The lowest BCUT2D eigenvalue weighted by molar-refractivity contribution is 0.0993. The summed E-state index contributed by atoms with van der Waals surface area (Å²) < 4.78 is 0. The average molecular weight is 306 g/mol. The van der Waals surface area contributed by atoms with E-state index in [1.165, 1.54) is 23.1 Å². The second kappa shape index (κ2) is 6.01. The number of benzene rings is 1. The minimum Gasteiger partial charge on any atom is -0.508 e. The molecule has 0 bridgehead atoms. The number of halogens is 1. The first-order valence-corrected chi connectivity index (χ1v) is 6.68. The maximum absolute atomic E-state index is 12.5. The summed E-state index contributed by atoms with van der Waals surface area (Å²) in [7, 11) is 5.32. The molecular weight excluding hydrogens is 290 g/mol. The Balaban J connectivity index is 2.33. The monoisotopic (exact) mass is 305 g/mol. The molecule has 5 nitrogen and oxygen atoms in total. The van der Waals surface area contributed by atoms with Gasteiger partial charge in [-0.15, -0.1) is 0 Å². The zero-order valence-corrected chi connectivity index (χ0v) is 12.8. The van der Waals surface area contributed by atoms with E-state index in [1.807, 2.05) is 14.1 Å². The molecule has 0 aliphatic rings. The maximum atomic E-state index is 12.5. The van der Waals surface area contributed by atoms with Crippen molar-refractivity contribution >= 4 is 29.0 Å². The third kappa shape index (κ3) is 3.44. The molecule has 1 aromatic carbocycles. The smallest absolute Gasteiger partial charge is 0.258 e. The molecule has 0 radical (unpaired) electrons. The Morgan fingerprint density at radius 1 is 1.14 bits per heavy atom. The normalized spacial score (nSPS) is 10.3.